The lowest BCUT2D eigenvalue weighted by Crippen LogP contribution is -2.46. The molecule has 4 N–H and O–H groups in total. The summed E-state index contributed by atoms with van der Waals surface area (Å²) >= 11 is 0. The number of carbonyl (C=O) groups excluding carboxylic acids is 1. The summed E-state index contributed by atoms with van der Waals surface area (Å²) in [7, 11) is 0. The smallest absolute Gasteiger partial charge is 0.222 e. The monoisotopic (exact) mass is 832 g/mol. The number of hydrogen-bond donors (Lipinski definition) is 4. The molecular formula is C54H105NO4. The van der Waals surface area contributed by atoms with Crippen LogP contribution in [0.25, 0.3) is 0 Å². The second-order valence-electron chi connectivity index (χ2n) is 18.5. The zero-order chi connectivity index (χ0) is 43.0. The second kappa shape index (κ2) is 49.5. The topological polar surface area (TPSA) is 89.8 Å². The molecule has 350 valence electrons. The largest absolute Gasteiger partial charge is 0.394 e. The van der Waals surface area contributed by atoms with E-state index in [1.54, 1.807) is 0 Å². The molecule has 5 heteroatoms. The molecule has 0 spiro atoms. The van der Waals surface area contributed by atoms with E-state index in [9.17, 15) is 20.1 Å². The summed E-state index contributed by atoms with van der Waals surface area (Å²) in [6, 6.07) is -0.661. The van der Waals surface area contributed by atoms with Crippen LogP contribution >= 0.6 is 0 Å². The highest BCUT2D eigenvalue weighted by atomic mass is 16.3. The minimum Gasteiger partial charge on any atom is -0.394 e. The molecule has 0 aliphatic rings. The summed E-state index contributed by atoms with van der Waals surface area (Å²) in [5.74, 6) is -0.284. The van der Waals surface area contributed by atoms with E-state index in [0.717, 1.165) is 32.1 Å². The molecule has 0 heterocycles. The molecule has 0 fully saturated rings. The van der Waals surface area contributed by atoms with Gasteiger partial charge in [-0.15, -0.1) is 0 Å². The van der Waals surface area contributed by atoms with Crippen molar-refractivity contribution < 1.29 is 20.1 Å². The van der Waals surface area contributed by atoms with E-state index in [1.165, 1.54) is 225 Å². The Hall–Kier alpha value is -1.17. The third-order valence-electron chi connectivity index (χ3n) is 12.5. The number of nitrogens with one attached hydrogen (secondary N) is 1. The zero-order valence-electron chi connectivity index (χ0n) is 39.9. The van der Waals surface area contributed by atoms with E-state index < -0.39 is 18.2 Å². The van der Waals surface area contributed by atoms with E-state index in [-0.39, 0.29) is 18.9 Å². The molecule has 0 aliphatic heterocycles. The van der Waals surface area contributed by atoms with Gasteiger partial charge in [0.05, 0.1) is 31.3 Å². The van der Waals surface area contributed by atoms with Gasteiger partial charge >= 0.3 is 0 Å². The van der Waals surface area contributed by atoms with Crippen LogP contribution < -0.4 is 5.32 Å². The summed E-state index contributed by atoms with van der Waals surface area (Å²) < 4.78 is 0. The van der Waals surface area contributed by atoms with E-state index in [4.69, 9.17) is 0 Å². The van der Waals surface area contributed by atoms with Crippen LogP contribution in [0, 0.1) is 0 Å². The molecule has 0 aliphatic carbocycles. The van der Waals surface area contributed by atoms with Gasteiger partial charge in [-0.25, -0.2) is 0 Å². The predicted octanol–water partition coefficient (Wildman–Crippen LogP) is 16.1. The van der Waals surface area contributed by atoms with Crippen LogP contribution in [-0.2, 0) is 4.79 Å². The van der Waals surface area contributed by atoms with Crippen molar-refractivity contribution in [3.05, 3.63) is 24.3 Å². The lowest BCUT2D eigenvalue weighted by Gasteiger charge is -2.23. The molecule has 0 radical (unpaired) electrons. The van der Waals surface area contributed by atoms with Crippen molar-refractivity contribution in [3.63, 3.8) is 0 Å². The normalized spacial score (nSPS) is 13.5. The molecule has 0 aromatic heterocycles. The number of amides is 1. The molecule has 0 rings (SSSR count). The number of rotatable bonds is 49. The van der Waals surface area contributed by atoms with E-state index in [1.807, 2.05) is 0 Å². The van der Waals surface area contributed by atoms with Crippen LogP contribution in [0.4, 0.5) is 0 Å². The van der Waals surface area contributed by atoms with Gasteiger partial charge in [0.15, 0.2) is 0 Å². The fourth-order valence-electron chi connectivity index (χ4n) is 8.44. The third kappa shape index (κ3) is 46.2. The summed E-state index contributed by atoms with van der Waals surface area (Å²) in [6.07, 6.45) is 61.7. The van der Waals surface area contributed by atoms with E-state index >= 15 is 0 Å². The van der Waals surface area contributed by atoms with Crippen molar-refractivity contribution in [1.29, 1.82) is 0 Å². The van der Waals surface area contributed by atoms with Crippen molar-refractivity contribution in [2.75, 3.05) is 6.61 Å². The molecular weight excluding hydrogens is 727 g/mol. The molecule has 1 amide bonds. The number of aliphatic hydroxyl groups excluding tert-OH is 3. The number of aliphatic hydroxyl groups is 3. The van der Waals surface area contributed by atoms with Gasteiger partial charge in [0.1, 0.15) is 0 Å². The minimum atomic E-state index is -0.751. The summed E-state index contributed by atoms with van der Waals surface area (Å²) in [5.41, 5.74) is 0. The lowest BCUT2D eigenvalue weighted by molar-refractivity contribution is -0.125. The first-order chi connectivity index (χ1) is 29.0. The third-order valence-corrected chi connectivity index (χ3v) is 12.5. The maximum atomic E-state index is 12.5. The fraction of sp³-hybridized carbons (Fsp3) is 0.907. The molecule has 0 saturated carbocycles. The van der Waals surface area contributed by atoms with Gasteiger partial charge in [0.2, 0.25) is 5.91 Å². The maximum absolute atomic E-state index is 12.5. The molecule has 0 aromatic rings. The summed E-state index contributed by atoms with van der Waals surface area (Å²) in [4.78, 5) is 12.5. The first-order valence-electron chi connectivity index (χ1n) is 26.6. The quantitative estimate of drug-likeness (QED) is 0.0363. The predicted molar refractivity (Wildman–Crippen MR) is 259 cm³/mol. The van der Waals surface area contributed by atoms with Crippen molar-refractivity contribution >= 4 is 5.91 Å². The highest BCUT2D eigenvalue weighted by Crippen LogP contribution is 2.17. The Bertz CT molecular complexity index is 874. The van der Waals surface area contributed by atoms with Crippen molar-refractivity contribution in [1.82, 2.24) is 5.32 Å². The Labute approximate surface area is 369 Å². The second-order valence-corrected chi connectivity index (χ2v) is 18.5. The average molecular weight is 832 g/mol. The molecule has 5 nitrogen and oxygen atoms in total. The Kier molecular flexibility index (Phi) is 48.5. The molecule has 0 bridgehead atoms. The number of unbranched alkanes of at least 4 members (excludes halogenated alkanes) is 36. The van der Waals surface area contributed by atoms with Gasteiger partial charge in [-0.3, -0.25) is 4.79 Å². The first-order valence-corrected chi connectivity index (χ1v) is 26.6. The van der Waals surface area contributed by atoms with Gasteiger partial charge < -0.3 is 20.6 Å². The zero-order valence-corrected chi connectivity index (χ0v) is 39.9. The number of carbonyl (C=O) groups is 1. The Morgan fingerprint density at radius 1 is 0.424 bits per heavy atom. The SMILES string of the molecule is CCCCCCCCCCC/C=C\C/C=C\CCCCCCCCCC(O)CC(=O)NC(CO)C(O)CCCCCCCCCCCCCCCCCCCCCCC. The molecule has 59 heavy (non-hydrogen) atoms. The van der Waals surface area contributed by atoms with Crippen molar-refractivity contribution in [3.8, 4) is 0 Å². The first kappa shape index (κ1) is 57.8. The van der Waals surface area contributed by atoms with Gasteiger partial charge in [0.25, 0.3) is 0 Å². The fourth-order valence-corrected chi connectivity index (χ4v) is 8.44. The van der Waals surface area contributed by atoms with Crippen LogP contribution in [-0.4, -0.2) is 46.1 Å². The Morgan fingerprint density at radius 2 is 0.729 bits per heavy atom. The van der Waals surface area contributed by atoms with E-state index in [2.05, 4.69) is 43.5 Å². The van der Waals surface area contributed by atoms with Gasteiger partial charge in [-0.2, -0.15) is 0 Å². The van der Waals surface area contributed by atoms with Gasteiger partial charge in [-0.1, -0.05) is 263 Å². The Balaban J connectivity index is 3.57. The highest BCUT2D eigenvalue weighted by Gasteiger charge is 2.21. The van der Waals surface area contributed by atoms with Crippen LogP contribution in [0.5, 0.6) is 0 Å². The molecule has 0 aromatic carbocycles. The maximum Gasteiger partial charge on any atom is 0.222 e. The number of allylic oxidation sites excluding steroid dienone is 4. The van der Waals surface area contributed by atoms with Crippen molar-refractivity contribution in [2.45, 2.75) is 308 Å². The molecule has 3 atom stereocenters. The molecule has 0 saturated heterocycles. The van der Waals surface area contributed by atoms with Crippen LogP contribution in [0.15, 0.2) is 24.3 Å². The van der Waals surface area contributed by atoms with Gasteiger partial charge in [0, 0.05) is 0 Å². The minimum absolute atomic E-state index is 0.0329. The highest BCUT2D eigenvalue weighted by molar-refractivity contribution is 5.76. The average Bonchev–Trinajstić information content (AvgIpc) is 3.23. The number of hydrogen-bond acceptors (Lipinski definition) is 4. The van der Waals surface area contributed by atoms with Crippen molar-refractivity contribution in [2.24, 2.45) is 0 Å². The standard InChI is InChI=1S/C54H105NO4/c1-3-5-7-9-11-13-15-17-19-21-23-25-26-28-29-31-33-35-37-39-41-43-45-47-51(57)49-54(59)55-52(50-56)53(58)48-46-44-42-40-38-36-34-32-30-27-24-22-20-18-16-14-12-10-8-6-4-2/h23,25,28-29,51-53,56-58H,3-22,24,26-27,30-50H2,1-2H3,(H,55,59)/b25-23-,29-28-. The van der Waals surface area contributed by atoms with Crippen LogP contribution in [0.2, 0.25) is 0 Å². The lowest BCUT2D eigenvalue weighted by atomic mass is 10.0. The van der Waals surface area contributed by atoms with E-state index in [0.29, 0.717) is 12.8 Å². The molecule has 3 unspecified atom stereocenters. The van der Waals surface area contributed by atoms with Gasteiger partial charge in [-0.05, 0) is 44.9 Å². The van der Waals surface area contributed by atoms with Crippen LogP contribution in [0.1, 0.15) is 290 Å². The van der Waals surface area contributed by atoms with Crippen LogP contribution in [0.3, 0.4) is 0 Å². The summed E-state index contributed by atoms with van der Waals surface area (Å²) in [5, 5.41) is 33.6. The summed E-state index contributed by atoms with van der Waals surface area (Å²) in [6.45, 7) is 4.29. The Morgan fingerprint density at radius 3 is 1.07 bits per heavy atom.